The van der Waals surface area contributed by atoms with Gasteiger partial charge in [-0.05, 0) is 45.7 Å². The van der Waals surface area contributed by atoms with Crippen LogP contribution in [0.2, 0.25) is 0 Å². The second-order valence-corrected chi connectivity index (χ2v) is 6.39. The van der Waals surface area contributed by atoms with Crippen LogP contribution in [0.3, 0.4) is 0 Å². The number of carbonyl (C=O) groups excluding carboxylic acids is 1. The zero-order chi connectivity index (χ0) is 14.4. The molecule has 5 heteroatoms. The van der Waals surface area contributed by atoms with Crippen molar-refractivity contribution in [3.63, 3.8) is 0 Å². The Balaban J connectivity index is 0.00000220. The molecule has 0 aromatic carbocycles. The van der Waals surface area contributed by atoms with E-state index in [-0.39, 0.29) is 24.4 Å². The van der Waals surface area contributed by atoms with Crippen molar-refractivity contribution in [2.75, 3.05) is 26.7 Å². The number of nitrogens with zero attached hydrogens (tertiary/aromatic N) is 1. The fourth-order valence-corrected chi connectivity index (χ4v) is 3.47. The van der Waals surface area contributed by atoms with Gasteiger partial charge in [-0.1, -0.05) is 25.7 Å². The molecular weight excluding hydrogens is 288 g/mol. The number of rotatable bonds is 5. The summed E-state index contributed by atoms with van der Waals surface area (Å²) in [6.45, 7) is 4.71. The Kier molecular flexibility index (Phi) is 8.60. The van der Waals surface area contributed by atoms with Gasteiger partial charge in [0.15, 0.2) is 0 Å². The van der Waals surface area contributed by atoms with Crippen molar-refractivity contribution in [2.45, 2.75) is 64.1 Å². The summed E-state index contributed by atoms with van der Waals surface area (Å²) >= 11 is 0. The van der Waals surface area contributed by atoms with Crippen LogP contribution >= 0.6 is 12.4 Å². The van der Waals surface area contributed by atoms with Gasteiger partial charge in [-0.25, -0.2) is 0 Å². The van der Waals surface area contributed by atoms with Gasteiger partial charge in [-0.15, -0.1) is 12.4 Å². The van der Waals surface area contributed by atoms with Gasteiger partial charge >= 0.3 is 0 Å². The maximum atomic E-state index is 12.4. The molecule has 2 rings (SSSR count). The third kappa shape index (κ3) is 5.76. The number of likely N-dealkylation sites (tertiary alicyclic amines) is 1. The summed E-state index contributed by atoms with van der Waals surface area (Å²) < 4.78 is 6.03. The third-order valence-corrected chi connectivity index (χ3v) is 4.64. The second-order valence-electron chi connectivity index (χ2n) is 6.39. The molecule has 2 atom stereocenters. The van der Waals surface area contributed by atoms with Crippen molar-refractivity contribution in [3.8, 4) is 0 Å². The fraction of sp³-hybridized carbons (Fsp3) is 0.938. The predicted octanol–water partition coefficient (Wildman–Crippen LogP) is 2.60. The smallest absolute Gasteiger partial charge is 0.251 e. The van der Waals surface area contributed by atoms with Gasteiger partial charge in [0.1, 0.15) is 6.10 Å². The van der Waals surface area contributed by atoms with Crippen LogP contribution in [0.25, 0.3) is 0 Å². The molecule has 1 heterocycles. The first kappa shape index (κ1) is 18.7. The van der Waals surface area contributed by atoms with Crippen molar-refractivity contribution in [2.24, 2.45) is 5.92 Å². The first-order chi connectivity index (χ1) is 9.70. The van der Waals surface area contributed by atoms with Crippen molar-refractivity contribution >= 4 is 18.3 Å². The molecule has 1 aliphatic carbocycles. The average molecular weight is 319 g/mol. The highest BCUT2D eigenvalue weighted by Crippen LogP contribution is 2.22. The lowest BCUT2D eigenvalue weighted by molar-refractivity contribution is -0.145. The number of amides is 1. The molecular formula is C16H31ClN2O2. The van der Waals surface area contributed by atoms with Gasteiger partial charge in [-0.3, -0.25) is 4.79 Å². The molecule has 2 aliphatic rings. The number of hydrogen-bond donors (Lipinski definition) is 1. The number of hydrogen-bond acceptors (Lipinski definition) is 3. The molecule has 1 saturated heterocycles. The van der Waals surface area contributed by atoms with E-state index < -0.39 is 0 Å². The standard InChI is InChI=1S/C16H30N2O2.ClH/c1-13(20-15-7-5-3-4-6-8-15)16(19)18-10-9-14(12-18)11-17-2;/h13-15,17H,3-12H2,1-2H3;1H. The minimum absolute atomic E-state index is 0. The van der Waals surface area contributed by atoms with Gasteiger partial charge in [0, 0.05) is 13.1 Å². The molecule has 0 bridgehead atoms. The van der Waals surface area contributed by atoms with E-state index in [1.807, 2.05) is 18.9 Å². The Morgan fingerprint density at radius 3 is 2.52 bits per heavy atom. The number of halogens is 1. The summed E-state index contributed by atoms with van der Waals surface area (Å²) in [4.78, 5) is 14.4. The van der Waals surface area contributed by atoms with E-state index in [1.54, 1.807) is 0 Å². The molecule has 1 amide bonds. The Morgan fingerprint density at radius 2 is 1.90 bits per heavy atom. The summed E-state index contributed by atoms with van der Waals surface area (Å²) in [5.74, 6) is 0.793. The number of ether oxygens (including phenoxy) is 1. The van der Waals surface area contributed by atoms with Crippen LogP contribution in [0, 0.1) is 5.92 Å². The van der Waals surface area contributed by atoms with E-state index in [9.17, 15) is 4.79 Å². The Labute approximate surface area is 135 Å². The second kappa shape index (κ2) is 9.65. The lowest BCUT2D eigenvalue weighted by atomic mass is 10.1. The summed E-state index contributed by atoms with van der Waals surface area (Å²) in [5, 5.41) is 3.20. The van der Waals surface area contributed by atoms with E-state index in [4.69, 9.17) is 4.74 Å². The highest BCUT2D eigenvalue weighted by molar-refractivity contribution is 5.85. The monoisotopic (exact) mass is 318 g/mol. The molecule has 124 valence electrons. The third-order valence-electron chi connectivity index (χ3n) is 4.64. The average Bonchev–Trinajstić information content (AvgIpc) is 2.75. The topological polar surface area (TPSA) is 41.6 Å². The van der Waals surface area contributed by atoms with Gasteiger partial charge in [0.25, 0.3) is 5.91 Å². The molecule has 0 spiro atoms. The maximum absolute atomic E-state index is 12.4. The van der Waals surface area contributed by atoms with Crippen molar-refractivity contribution in [3.05, 3.63) is 0 Å². The number of carbonyl (C=O) groups is 1. The van der Waals surface area contributed by atoms with Gasteiger partial charge in [0.2, 0.25) is 0 Å². The van der Waals surface area contributed by atoms with Crippen LogP contribution in [0.15, 0.2) is 0 Å². The minimum Gasteiger partial charge on any atom is -0.365 e. The summed E-state index contributed by atoms with van der Waals surface area (Å²) in [7, 11) is 1.97. The zero-order valence-corrected chi connectivity index (χ0v) is 14.3. The molecule has 1 saturated carbocycles. The normalized spacial score (nSPS) is 25.2. The molecule has 0 aromatic rings. The Bertz CT molecular complexity index is 307. The van der Waals surface area contributed by atoms with Gasteiger partial charge in [-0.2, -0.15) is 0 Å². The molecule has 0 aromatic heterocycles. The highest BCUT2D eigenvalue weighted by Gasteiger charge is 2.30. The summed E-state index contributed by atoms with van der Waals surface area (Å²) in [5.41, 5.74) is 0. The lowest BCUT2D eigenvalue weighted by Gasteiger charge is -2.25. The van der Waals surface area contributed by atoms with Crippen molar-refractivity contribution in [1.82, 2.24) is 10.2 Å². The van der Waals surface area contributed by atoms with Crippen LogP contribution in [-0.4, -0.2) is 49.7 Å². The summed E-state index contributed by atoms with van der Waals surface area (Å²) in [6.07, 6.45) is 8.53. The molecule has 1 aliphatic heterocycles. The van der Waals surface area contributed by atoms with E-state index in [1.165, 1.54) is 25.7 Å². The van der Waals surface area contributed by atoms with Crippen molar-refractivity contribution in [1.29, 1.82) is 0 Å². The van der Waals surface area contributed by atoms with E-state index in [0.29, 0.717) is 12.0 Å². The van der Waals surface area contributed by atoms with Crippen LogP contribution in [0.4, 0.5) is 0 Å². The van der Waals surface area contributed by atoms with Crippen LogP contribution in [0.5, 0.6) is 0 Å². The molecule has 2 unspecified atom stereocenters. The first-order valence-electron chi connectivity index (χ1n) is 8.29. The van der Waals surface area contributed by atoms with Crippen LogP contribution < -0.4 is 5.32 Å². The molecule has 2 fully saturated rings. The summed E-state index contributed by atoms with van der Waals surface area (Å²) in [6, 6.07) is 0. The van der Waals surface area contributed by atoms with Crippen LogP contribution in [-0.2, 0) is 9.53 Å². The first-order valence-corrected chi connectivity index (χ1v) is 8.29. The largest absolute Gasteiger partial charge is 0.365 e. The van der Waals surface area contributed by atoms with E-state index >= 15 is 0 Å². The lowest BCUT2D eigenvalue weighted by Crippen LogP contribution is -2.39. The minimum atomic E-state index is -0.272. The van der Waals surface area contributed by atoms with Crippen molar-refractivity contribution < 1.29 is 9.53 Å². The molecule has 0 radical (unpaired) electrons. The predicted molar refractivity (Wildman–Crippen MR) is 87.9 cm³/mol. The van der Waals surface area contributed by atoms with E-state index in [2.05, 4.69) is 5.32 Å². The van der Waals surface area contributed by atoms with Crippen LogP contribution in [0.1, 0.15) is 51.9 Å². The molecule has 21 heavy (non-hydrogen) atoms. The SMILES string of the molecule is CNCC1CCN(C(=O)C(C)OC2CCCCCC2)C1.Cl. The quantitative estimate of drug-likeness (QED) is 0.792. The molecule has 4 nitrogen and oxygen atoms in total. The highest BCUT2D eigenvalue weighted by atomic mass is 35.5. The Morgan fingerprint density at radius 1 is 1.24 bits per heavy atom. The number of nitrogens with one attached hydrogen (secondary N) is 1. The van der Waals surface area contributed by atoms with Gasteiger partial charge in [0.05, 0.1) is 6.10 Å². The van der Waals surface area contributed by atoms with E-state index in [0.717, 1.165) is 38.9 Å². The Hall–Kier alpha value is -0.320. The molecule has 1 N–H and O–H groups in total. The van der Waals surface area contributed by atoms with Gasteiger partial charge < -0.3 is 15.0 Å². The fourth-order valence-electron chi connectivity index (χ4n) is 3.47. The zero-order valence-electron chi connectivity index (χ0n) is 13.5. The maximum Gasteiger partial charge on any atom is 0.251 e.